The van der Waals surface area contributed by atoms with Gasteiger partial charge in [-0.05, 0) is 12.1 Å². The molecule has 0 saturated heterocycles. The lowest BCUT2D eigenvalue weighted by Crippen LogP contribution is -2.33. The molecule has 1 aromatic rings. The number of rotatable bonds is 3. The normalized spacial score (nSPS) is 15.2. The first-order valence-electron chi connectivity index (χ1n) is 4.52. The van der Waals surface area contributed by atoms with Crippen LogP contribution in [0.15, 0.2) is 18.3 Å². The van der Waals surface area contributed by atoms with Gasteiger partial charge in [-0.3, -0.25) is 4.98 Å². The molecule has 0 spiro atoms. The highest BCUT2D eigenvalue weighted by Gasteiger charge is 2.54. The number of pyridine rings is 1. The third-order valence-electron chi connectivity index (χ3n) is 1.82. The van der Waals surface area contributed by atoms with E-state index >= 15 is 0 Å². The minimum Gasteiger partial charge on any atom is -0.258 e. The van der Waals surface area contributed by atoms with Gasteiger partial charge in [-0.25, -0.2) is 4.18 Å². The topological polar surface area (TPSA) is 56.3 Å². The van der Waals surface area contributed by atoms with Crippen molar-refractivity contribution in [3.05, 3.63) is 29.0 Å². The zero-order valence-electron chi connectivity index (χ0n) is 9.04. The van der Waals surface area contributed by atoms with E-state index in [0.717, 1.165) is 12.3 Å². The highest BCUT2D eigenvalue weighted by molar-refractivity contribution is 7.87. The van der Waals surface area contributed by atoms with E-state index in [0.29, 0.717) is 6.07 Å². The maximum absolute atomic E-state index is 12.6. The Labute approximate surface area is 113 Å². The maximum Gasteiger partial charge on any atom is 0.523 e. The van der Waals surface area contributed by atoms with E-state index < -0.39 is 33.6 Å². The van der Waals surface area contributed by atoms with Crippen LogP contribution < -0.4 is 0 Å². The molecule has 0 radical (unpaired) electrons. The number of alkyl halides is 6. The minimum atomic E-state index is -6.44. The van der Waals surface area contributed by atoms with Gasteiger partial charge in [-0.1, -0.05) is 11.6 Å². The van der Waals surface area contributed by atoms with Crippen LogP contribution in [0.5, 0.6) is 0 Å². The summed E-state index contributed by atoms with van der Waals surface area (Å²) in [5, 5.41) is -0.280. The fourth-order valence-corrected chi connectivity index (χ4v) is 1.76. The summed E-state index contributed by atoms with van der Waals surface area (Å²) in [6.45, 7) is 0. The Bertz CT molecular complexity index is 585. The molecule has 4 nitrogen and oxygen atoms in total. The lowest BCUT2D eigenvalue weighted by Gasteiger charge is -2.20. The molecule has 1 aromatic heterocycles. The standard InChI is InChI=1S/C8H4ClF6NO3S/c9-4-1-2-16-5(3-4)6(7(10,11)12)19-20(17,18)8(13,14)15/h1-3,6H/t6-/m1/s1. The number of aromatic nitrogens is 1. The quantitative estimate of drug-likeness (QED) is 0.480. The van der Waals surface area contributed by atoms with Crippen LogP contribution in [0.3, 0.4) is 0 Å². The van der Waals surface area contributed by atoms with E-state index in [1.54, 1.807) is 0 Å². The third kappa shape index (κ3) is 3.96. The summed E-state index contributed by atoms with van der Waals surface area (Å²) >= 11 is 5.37. The number of hydrogen-bond acceptors (Lipinski definition) is 4. The molecule has 20 heavy (non-hydrogen) atoms. The van der Waals surface area contributed by atoms with Crippen molar-refractivity contribution in [1.29, 1.82) is 0 Å². The largest absolute Gasteiger partial charge is 0.523 e. The first kappa shape index (κ1) is 17.0. The monoisotopic (exact) mass is 343 g/mol. The van der Waals surface area contributed by atoms with Crippen LogP contribution in [0.2, 0.25) is 5.02 Å². The summed E-state index contributed by atoms with van der Waals surface area (Å²) in [7, 11) is -6.44. The third-order valence-corrected chi connectivity index (χ3v) is 3.06. The molecule has 0 aliphatic carbocycles. The van der Waals surface area contributed by atoms with Crippen LogP contribution in [0.25, 0.3) is 0 Å². The highest BCUT2D eigenvalue weighted by atomic mass is 35.5. The molecule has 1 heterocycles. The summed E-state index contributed by atoms with van der Waals surface area (Å²) in [6, 6.07) is 1.60. The summed E-state index contributed by atoms with van der Waals surface area (Å²) in [6.07, 6.45) is -8.08. The molecule has 0 fully saturated rings. The molecule has 0 aliphatic heterocycles. The van der Waals surface area contributed by atoms with Crippen molar-refractivity contribution in [2.75, 3.05) is 0 Å². The molecular weight excluding hydrogens is 340 g/mol. The molecule has 114 valence electrons. The first-order valence-corrected chi connectivity index (χ1v) is 6.31. The van der Waals surface area contributed by atoms with E-state index in [9.17, 15) is 34.8 Å². The van der Waals surface area contributed by atoms with E-state index in [1.807, 2.05) is 0 Å². The lowest BCUT2D eigenvalue weighted by molar-refractivity contribution is -0.201. The summed E-state index contributed by atoms with van der Waals surface area (Å²) in [5.41, 5.74) is -7.10. The Kier molecular flexibility index (Phi) is 4.56. The molecule has 0 saturated carbocycles. The average Bonchev–Trinajstić information content (AvgIpc) is 2.22. The zero-order chi connectivity index (χ0) is 15.8. The Morgan fingerprint density at radius 1 is 1.20 bits per heavy atom. The van der Waals surface area contributed by atoms with Gasteiger partial charge in [-0.15, -0.1) is 0 Å². The predicted octanol–water partition coefficient (Wildman–Crippen LogP) is 3.20. The summed E-state index contributed by atoms with van der Waals surface area (Å²) in [5.74, 6) is 0. The summed E-state index contributed by atoms with van der Waals surface area (Å²) < 4.78 is 98.5. The molecule has 0 unspecified atom stereocenters. The van der Waals surface area contributed by atoms with Crippen molar-refractivity contribution in [3.63, 3.8) is 0 Å². The van der Waals surface area contributed by atoms with Gasteiger partial charge in [0.2, 0.25) is 6.10 Å². The van der Waals surface area contributed by atoms with Crippen molar-refractivity contribution in [2.24, 2.45) is 0 Å². The van der Waals surface area contributed by atoms with Crippen LogP contribution in [-0.2, 0) is 14.3 Å². The molecule has 0 amide bonds. The second-order valence-corrected chi connectivity index (χ2v) is 5.32. The van der Waals surface area contributed by atoms with E-state index in [2.05, 4.69) is 9.17 Å². The van der Waals surface area contributed by atoms with E-state index in [4.69, 9.17) is 11.6 Å². The van der Waals surface area contributed by atoms with E-state index in [1.165, 1.54) is 0 Å². The van der Waals surface area contributed by atoms with Gasteiger partial charge in [0.15, 0.2) is 0 Å². The van der Waals surface area contributed by atoms with Gasteiger partial charge in [0.05, 0.1) is 5.69 Å². The van der Waals surface area contributed by atoms with Crippen molar-refractivity contribution in [2.45, 2.75) is 17.8 Å². The molecular formula is C8H4ClF6NO3S. The molecule has 0 N–H and O–H groups in total. The number of nitrogens with zero attached hydrogens (tertiary/aromatic N) is 1. The number of hydrogen-bond donors (Lipinski definition) is 0. The van der Waals surface area contributed by atoms with Crippen molar-refractivity contribution < 1.29 is 38.9 Å². The van der Waals surface area contributed by atoms with Gasteiger partial charge in [0.1, 0.15) is 0 Å². The van der Waals surface area contributed by atoms with Crippen LogP contribution >= 0.6 is 11.6 Å². The van der Waals surface area contributed by atoms with Crippen molar-refractivity contribution in [3.8, 4) is 0 Å². The fourth-order valence-electron chi connectivity index (χ4n) is 1.02. The smallest absolute Gasteiger partial charge is 0.258 e. The van der Waals surface area contributed by atoms with Crippen molar-refractivity contribution >= 4 is 21.7 Å². The second-order valence-electron chi connectivity index (χ2n) is 3.32. The lowest BCUT2D eigenvalue weighted by atomic mass is 10.2. The maximum atomic E-state index is 12.6. The van der Waals surface area contributed by atoms with Gasteiger partial charge in [0, 0.05) is 11.2 Å². The Morgan fingerprint density at radius 2 is 1.75 bits per heavy atom. The zero-order valence-corrected chi connectivity index (χ0v) is 10.6. The van der Waals surface area contributed by atoms with Crippen LogP contribution in [0.4, 0.5) is 26.3 Å². The van der Waals surface area contributed by atoms with Crippen LogP contribution in [0.1, 0.15) is 11.8 Å². The van der Waals surface area contributed by atoms with Gasteiger partial charge >= 0.3 is 21.8 Å². The highest BCUT2D eigenvalue weighted by Crippen LogP contribution is 2.39. The number of halogens is 7. The van der Waals surface area contributed by atoms with Crippen LogP contribution in [0, 0.1) is 0 Å². The molecule has 1 atom stereocenters. The Balaban J connectivity index is 3.24. The van der Waals surface area contributed by atoms with Crippen LogP contribution in [-0.4, -0.2) is 25.1 Å². The SMILES string of the molecule is O=S(=O)(O[C@H](c1cc(Cl)ccn1)C(F)(F)F)C(F)(F)F. The van der Waals surface area contributed by atoms with Gasteiger partial charge in [-0.2, -0.15) is 34.8 Å². The average molecular weight is 344 g/mol. The fraction of sp³-hybridized carbons (Fsp3) is 0.375. The Hall–Kier alpha value is -1.07. The Morgan fingerprint density at radius 3 is 2.15 bits per heavy atom. The predicted molar refractivity (Wildman–Crippen MR) is 54.1 cm³/mol. The molecule has 0 aliphatic rings. The van der Waals surface area contributed by atoms with Crippen molar-refractivity contribution in [1.82, 2.24) is 4.98 Å². The second kappa shape index (κ2) is 5.37. The molecule has 0 bridgehead atoms. The minimum absolute atomic E-state index is 0.280. The summed E-state index contributed by atoms with van der Waals surface area (Å²) in [4.78, 5) is 3.11. The first-order chi connectivity index (χ1) is 8.84. The van der Waals surface area contributed by atoms with Gasteiger partial charge < -0.3 is 0 Å². The van der Waals surface area contributed by atoms with Gasteiger partial charge in [0.25, 0.3) is 0 Å². The molecule has 12 heteroatoms. The molecule has 1 rings (SSSR count). The molecule has 0 aromatic carbocycles. The van der Waals surface area contributed by atoms with E-state index in [-0.39, 0.29) is 5.02 Å².